The number of hydrogen-bond donors (Lipinski definition) is 1. The Labute approximate surface area is 164 Å². The lowest BCUT2D eigenvalue weighted by molar-refractivity contribution is 0.0696. The van der Waals surface area contributed by atoms with Crippen LogP contribution in [0.1, 0.15) is 41.0 Å². The maximum Gasteiger partial charge on any atom is 0.341 e. The van der Waals surface area contributed by atoms with Crippen molar-refractivity contribution in [2.24, 2.45) is 0 Å². The number of carboxylic acids is 1. The molecule has 2 aromatic rings. The van der Waals surface area contributed by atoms with E-state index < -0.39 is 16.0 Å². The number of hydrogen-bond acceptors (Lipinski definition) is 6. The highest BCUT2D eigenvalue weighted by Gasteiger charge is 2.24. The van der Waals surface area contributed by atoms with Gasteiger partial charge in [-0.3, -0.25) is 0 Å². The zero-order chi connectivity index (χ0) is 20.1. The van der Waals surface area contributed by atoms with E-state index in [2.05, 4.69) is 9.97 Å². The van der Waals surface area contributed by atoms with Gasteiger partial charge in [-0.15, -0.1) is 0 Å². The number of benzene rings is 1. The van der Waals surface area contributed by atoms with E-state index in [0.717, 1.165) is 44.2 Å². The summed E-state index contributed by atoms with van der Waals surface area (Å²) in [6.45, 7) is 1.64. The topological polar surface area (TPSA) is 104 Å². The molecule has 3 rings (SSSR count). The molecule has 0 unspecified atom stereocenters. The first kappa shape index (κ1) is 20.2. The summed E-state index contributed by atoms with van der Waals surface area (Å²) in [5.41, 5.74) is 0.894. The molecule has 1 aromatic carbocycles. The molecule has 1 fully saturated rings. The Morgan fingerprint density at radius 1 is 1.14 bits per heavy atom. The second-order valence-corrected chi connectivity index (χ2v) is 8.88. The number of nitrogens with zero attached hydrogens (tertiary/aromatic N) is 4. The van der Waals surface area contributed by atoms with Crippen LogP contribution >= 0.6 is 0 Å². The van der Waals surface area contributed by atoms with Crippen molar-refractivity contribution in [1.29, 1.82) is 0 Å². The van der Waals surface area contributed by atoms with Gasteiger partial charge in [-0.25, -0.2) is 23.2 Å². The van der Waals surface area contributed by atoms with E-state index in [1.165, 1.54) is 10.5 Å². The molecule has 1 aromatic heterocycles. The van der Waals surface area contributed by atoms with Gasteiger partial charge in [0, 0.05) is 25.8 Å². The summed E-state index contributed by atoms with van der Waals surface area (Å²) in [5, 5.41) is 9.48. The Hall–Kier alpha value is -2.52. The van der Waals surface area contributed by atoms with E-state index in [9.17, 15) is 18.3 Å². The van der Waals surface area contributed by atoms with Crippen LogP contribution in [0.15, 0.2) is 36.5 Å². The maximum atomic E-state index is 12.3. The van der Waals surface area contributed by atoms with E-state index in [1.807, 2.05) is 35.2 Å². The normalized spacial score (nSPS) is 15.0. The van der Waals surface area contributed by atoms with E-state index in [-0.39, 0.29) is 24.5 Å². The standard InChI is InChI=1S/C19H24N4O4S/c1-28(26,27)23(13-15-8-4-2-5-9-15)14-17-20-12-16(19(24)25)18(21-17)22-10-6-3-7-11-22/h2,4-5,8-9,12H,3,6-7,10-11,13-14H2,1H3,(H,24,25). The SMILES string of the molecule is CS(=O)(=O)N(Cc1ccccc1)Cc1ncc(C(=O)O)c(N2CCCCC2)n1. The Morgan fingerprint density at radius 2 is 1.82 bits per heavy atom. The van der Waals surface area contributed by atoms with Gasteiger partial charge in [-0.1, -0.05) is 30.3 Å². The minimum Gasteiger partial charge on any atom is -0.477 e. The van der Waals surface area contributed by atoms with Crippen LogP contribution in [0.4, 0.5) is 5.82 Å². The monoisotopic (exact) mass is 404 g/mol. The van der Waals surface area contributed by atoms with Gasteiger partial charge in [0.2, 0.25) is 10.0 Å². The number of sulfonamides is 1. The van der Waals surface area contributed by atoms with E-state index in [0.29, 0.717) is 5.82 Å². The smallest absolute Gasteiger partial charge is 0.341 e. The van der Waals surface area contributed by atoms with Crippen LogP contribution in [-0.2, 0) is 23.1 Å². The van der Waals surface area contributed by atoms with E-state index >= 15 is 0 Å². The average Bonchev–Trinajstić information content (AvgIpc) is 2.68. The first-order chi connectivity index (χ1) is 13.3. The summed E-state index contributed by atoms with van der Waals surface area (Å²) >= 11 is 0. The van der Waals surface area contributed by atoms with Crippen molar-refractivity contribution in [2.45, 2.75) is 32.4 Å². The zero-order valence-electron chi connectivity index (χ0n) is 15.8. The molecular formula is C19H24N4O4S. The predicted octanol–water partition coefficient (Wildman–Crippen LogP) is 2.13. The largest absolute Gasteiger partial charge is 0.477 e. The number of carboxylic acid groups (broad SMARTS) is 1. The third kappa shape index (κ3) is 5.05. The molecular weight excluding hydrogens is 380 g/mol. The van der Waals surface area contributed by atoms with Crippen LogP contribution in [0.25, 0.3) is 0 Å². The summed E-state index contributed by atoms with van der Waals surface area (Å²) in [7, 11) is -3.50. The van der Waals surface area contributed by atoms with Crippen LogP contribution in [-0.4, -0.2) is 53.1 Å². The molecule has 2 heterocycles. The van der Waals surface area contributed by atoms with Crippen molar-refractivity contribution in [3.05, 3.63) is 53.5 Å². The molecule has 1 aliphatic rings. The van der Waals surface area contributed by atoms with Gasteiger partial charge in [0.25, 0.3) is 0 Å². The highest BCUT2D eigenvalue weighted by Crippen LogP contribution is 2.23. The highest BCUT2D eigenvalue weighted by molar-refractivity contribution is 7.88. The van der Waals surface area contributed by atoms with Crippen molar-refractivity contribution in [2.75, 3.05) is 24.2 Å². The molecule has 1 N–H and O–H groups in total. The van der Waals surface area contributed by atoms with Gasteiger partial charge in [-0.05, 0) is 24.8 Å². The minimum absolute atomic E-state index is 0.0194. The first-order valence-corrected chi connectivity index (χ1v) is 11.0. The van der Waals surface area contributed by atoms with Crippen LogP contribution in [0.5, 0.6) is 0 Å². The molecule has 0 bridgehead atoms. The fraction of sp³-hybridized carbons (Fsp3) is 0.421. The molecule has 0 spiro atoms. The molecule has 1 saturated heterocycles. The third-order valence-electron chi connectivity index (χ3n) is 4.69. The third-order valence-corrected chi connectivity index (χ3v) is 5.89. The minimum atomic E-state index is -3.50. The fourth-order valence-electron chi connectivity index (χ4n) is 3.22. The molecule has 0 aliphatic carbocycles. The van der Waals surface area contributed by atoms with Crippen LogP contribution in [0.2, 0.25) is 0 Å². The van der Waals surface area contributed by atoms with Gasteiger partial charge in [0.15, 0.2) is 0 Å². The Balaban J connectivity index is 1.89. The van der Waals surface area contributed by atoms with Crippen LogP contribution in [0, 0.1) is 0 Å². The van der Waals surface area contributed by atoms with E-state index in [4.69, 9.17) is 0 Å². The van der Waals surface area contributed by atoms with Gasteiger partial charge in [-0.2, -0.15) is 4.31 Å². The first-order valence-electron chi connectivity index (χ1n) is 9.18. The number of anilines is 1. The van der Waals surface area contributed by atoms with Gasteiger partial charge in [0.1, 0.15) is 17.2 Å². The number of aromatic nitrogens is 2. The Kier molecular flexibility index (Phi) is 6.25. The van der Waals surface area contributed by atoms with Crippen molar-refractivity contribution in [3.63, 3.8) is 0 Å². The second kappa shape index (κ2) is 8.66. The van der Waals surface area contributed by atoms with Gasteiger partial charge < -0.3 is 10.0 Å². The number of rotatable bonds is 7. The summed E-state index contributed by atoms with van der Waals surface area (Å²) in [5.74, 6) is -0.436. The lowest BCUT2D eigenvalue weighted by Gasteiger charge is -2.29. The quantitative estimate of drug-likeness (QED) is 0.754. The van der Waals surface area contributed by atoms with Crippen molar-refractivity contribution in [1.82, 2.24) is 14.3 Å². The van der Waals surface area contributed by atoms with Crippen LogP contribution < -0.4 is 4.90 Å². The summed E-state index contributed by atoms with van der Waals surface area (Å²) in [4.78, 5) is 22.1. The number of piperidine rings is 1. The molecule has 150 valence electrons. The average molecular weight is 404 g/mol. The Morgan fingerprint density at radius 3 is 2.43 bits per heavy atom. The molecule has 0 amide bonds. The summed E-state index contributed by atoms with van der Waals surface area (Å²) in [6, 6.07) is 9.27. The molecule has 9 heteroatoms. The van der Waals surface area contributed by atoms with Crippen molar-refractivity contribution in [3.8, 4) is 0 Å². The predicted molar refractivity (Wildman–Crippen MR) is 106 cm³/mol. The summed E-state index contributed by atoms with van der Waals surface area (Å²) < 4.78 is 25.8. The Bertz CT molecular complexity index is 928. The van der Waals surface area contributed by atoms with Crippen LogP contribution in [0.3, 0.4) is 0 Å². The molecule has 0 radical (unpaired) electrons. The molecule has 8 nitrogen and oxygen atoms in total. The fourth-order valence-corrected chi connectivity index (χ4v) is 3.95. The lowest BCUT2D eigenvalue weighted by Crippen LogP contribution is -2.33. The second-order valence-electron chi connectivity index (χ2n) is 6.89. The highest BCUT2D eigenvalue weighted by atomic mass is 32.2. The zero-order valence-corrected chi connectivity index (χ0v) is 16.6. The molecule has 1 aliphatic heterocycles. The summed E-state index contributed by atoms with van der Waals surface area (Å²) in [6.07, 6.45) is 5.48. The maximum absolute atomic E-state index is 12.3. The lowest BCUT2D eigenvalue weighted by atomic mass is 10.1. The number of aromatic carboxylic acids is 1. The number of carbonyl (C=O) groups is 1. The van der Waals surface area contributed by atoms with Gasteiger partial charge >= 0.3 is 5.97 Å². The molecule has 0 saturated carbocycles. The van der Waals surface area contributed by atoms with E-state index in [1.54, 1.807) is 0 Å². The molecule has 0 atom stereocenters. The molecule has 28 heavy (non-hydrogen) atoms. The van der Waals surface area contributed by atoms with Crippen molar-refractivity contribution >= 4 is 21.8 Å². The van der Waals surface area contributed by atoms with Crippen molar-refractivity contribution < 1.29 is 18.3 Å². The van der Waals surface area contributed by atoms with Gasteiger partial charge in [0.05, 0.1) is 12.8 Å².